The first-order chi connectivity index (χ1) is 71.8. The quantitative estimate of drug-likeness (QED) is 0.0379. The van der Waals surface area contributed by atoms with Gasteiger partial charge >= 0.3 is 0 Å². The fraction of sp³-hybridized carbons (Fsp3) is 0.243. The first-order valence-electron chi connectivity index (χ1n) is 49.7. The van der Waals surface area contributed by atoms with Crippen LogP contribution in [0.25, 0.3) is 112 Å². The number of methoxy groups -OCH3 is 1. The summed E-state index contributed by atoms with van der Waals surface area (Å²) in [6, 6.07) is 93.9. The van der Waals surface area contributed by atoms with Gasteiger partial charge in [0.1, 0.15) is 28.3 Å². The maximum atomic E-state index is 12.8. The van der Waals surface area contributed by atoms with Gasteiger partial charge in [0.25, 0.3) is 23.2 Å². The molecule has 18 aromatic rings. The number of thiophene rings is 1. The molecule has 0 N–H and O–H groups in total. The molecule has 0 spiro atoms. The molecular formula is C115H111ClN18O11S2. The van der Waals surface area contributed by atoms with Crippen LogP contribution in [0.1, 0.15) is 75.6 Å². The molecule has 4 saturated heterocycles. The Hall–Kier alpha value is -15.5. The Morgan fingerprint density at radius 3 is 1.14 bits per heavy atom. The summed E-state index contributed by atoms with van der Waals surface area (Å²) in [7, 11) is -1.47. The van der Waals surface area contributed by atoms with Crippen LogP contribution in [-0.2, 0) is 41.0 Å². The number of hydrogen-bond acceptors (Lipinski definition) is 20. The molecule has 23 rings (SSSR count). The van der Waals surface area contributed by atoms with E-state index in [1.165, 1.54) is 47.8 Å². The number of carbonyl (C=O) groups excluding carboxylic acids is 3. The van der Waals surface area contributed by atoms with E-state index in [0.29, 0.717) is 119 Å². The van der Waals surface area contributed by atoms with Crippen molar-refractivity contribution in [3.8, 4) is 95.3 Å². The van der Waals surface area contributed by atoms with Crippen molar-refractivity contribution in [3.05, 3.63) is 386 Å². The lowest BCUT2D eigenvalue weighted by Gasteiger charge is -2.38. The van der Waals surface area contributed by atoms with E-state index in [0.717, 1.165) is 187 Å². The molecule has 32 heteroatoms. The van der Waals surface area contributed by atoms with Crippen LogP contribution in [0.3, 0.4) is 0 Å². The number of imidazole rings is 4. The van der Waals surface area contributed by atoms with Crippen LogP contribution < -0.4 is 4.74 Å². The van der Waals surface area contributed by atoms with Crippen molar-refractivity contribution in [2.24, 2.45) is 5.92 Å². The van der Waals surface area contributed by atoms with Crippen molar-refractivity contribution in [1.82, 2.24) is 76.1 Å². The van der Waals surface area contributed by atoms with E-state index in [1.54, 1.807) is 52.7 Å². The predicted molar refractivity (Wildman–Crippen MR) is 575 cm³/mol. The van der Waals surface area contributed by atoms with E-state index in [9.17, 15) is 43.0 Å². The second kappa shape index (κ2) is 45.0. The zero-order valence-electron chi connectivity index (χ0n) is 81.7. The second-order valence-electron chi connectivity index (χ2n) is 37.3. The molecule has 10 aromatic heterocycles. The Kier molecular flexibility index (Phi) is 30.3. The largest absolute Gasteiger partial charge is 0.497 e. The number of carbonyl (C=O) groups is 3. The fourth-order valence-electron chi connectivity index (χ4n) is 19.8. The van der Waals surface area contributed by atoms with E-state index in [-0.39, 0.29) is 39.8 Å². The summed E-state index contributed by atoms with van der Waals surface area (Å²) in [6.07, 6.45) is 14.0. The normalized spacial score (nSPS) is 15.1. The van der Waals surface area contributed by atoms with Crippen LogP contribution in [0.4, 0.5) is 11.4 Å². The summed E-state index contributed by atoms with van der Waals surface area (Å²) in [4.78, 5) is 95.9. The standard InChI is InChI=1S/C30H32N4O2.C29H25N5O4.C29H25N5O3S.C27H29ClN4O2S/c1-36-26-12-6-11-24(19-26)29-27(21-32-15-17-33(18-16-32)30(35)23-9-5-10-23)34-20-25(13-14-28(34)31-29)22-7-3-2-4-8-22;35-29(26-10-5-17-38-26)32-15-13-31(14-16-32)20-25-28(22-8-4-9-24(18-22)34(36)37)30-27-12-11-23(19-33(25)27)21-6-2-1-3-7-21;35-29(26-7-4-18-38-26)32-16-14-31(15-17-32)20-25-28(22-8-11-24(12-9-22)34(36)37)30-27-13-10-23(19-33(25)27)21-5-2-1-3-6-21;1-2-18-35(33,34)31-16-14-30(15-17-31)20-25-27(22-8-11-24(28)12-9-22)29-26-13-10-23(19-32(25)26)21-6-4-3-5-7-21/h2-4,6-8,11-14,19-20,23H,5,9-10,15-18,21H2,1H3;1-12,17-19H,13-16,20H2;1-13,18-19H,14-17,20H2;3-13,19H,2,14-18,20H2,1H3. The van der Waals surface area contributed by atoms with E-state index in [4.69, 9.17) is 40.7 Å². The number of furan rings is 1. The number of rotatable bonds is 25. The van der Waals surface area contributed by atoms with Gasteiger partial charge in [0.2, 0.25) is 15.9 Å². The number of hydrogen-bond donors (Lipinski definition) is 0. The van der Waals surface area contributed by atoms with Crippen molar-refractivity contribution in [2.45, 2.75) is 58.8 Å². The number of aromatic nitrogens is 8. The number of halogens is 1. The van der Waals surface area contributed by atoms with E-state index < -0.39 is 14.9 Å². The molecule has 147 heavy (non-hydrogen) atoms. The zero-order chi connectivity index (χ0) is 101. The van der Waals surface area contributed by atoms with Crippen LogP contribution in [0.15, 0.2) is 332 Å². The van der Waals surface area contributed by atoms with Gasteiger partial charge in [-0.05, 0) is 172 Å². The van der Waals surface area contributed by atoms with Crippen LogP contribution in [0.2, 0.25) is 5.02 Å². The number of sulfonamides is 1. The van der Waals surface area contributed by atoms with Gasteiger partial charge < -0.3 is 41.5 Å². The molecule has 14 heterocycles. The molecule has 1 saturated carbocycles. The fourth-order valence-corrected chi connectivity index (χ4v) is 22.1. The highest BCUT2D eigenvalue weighted by atomic mass is 35.5. The minimum atomic E-state index is -3.17. The number of pyridine rings is 4. The van der Waals surface area contributed by atoms with Crippen molar-refractivity contribution >= 4 is 84.6 Å². The number of non-ortho nitro benzene ring substituents is 2. The second-order valence-corrected chi connectivity index (χ2v) is 40.8. The number of piperazine rings is 4. The third kappa shape index (κ3) is 22.7. The molecule has 0 atom stereocenters. The number of benzene rings is 8. The summed E-state index contributed by atoms with van der Waals surface area (Å²) < 4.78 is 46.1. The van der Waals surface area contributed by atoms with Crippen molar-refractivity contribution < 1.29 is 41.8 Å². The molecule has 3 amide bonds. The lowest BCUT2D eigenvalue weighted by atomic mass is 9.84. The third-order valence-corrected chi connectivity index (χ3v) is 31.2. The summed E-state index contributed by atoms with van der Waals surface area (Å²) in [5.74, 6) is 2.00. The zero-order valence-corrected chi connectivity index (χ0v) is 84.1. The Labute approximate surface area is 860 Å². The number of amides is 3. The number of nitrogens with zero attached hydrogens (tertiary/aromatic N) is 18. The van der Waals surface area contributed by atoms with Gasteiger partial charge in [-0.25, -0.2) is 28.4 Å². The summed E-state index contributed by atoms with van der Waals surface area (Å²) in [5, 5.41) is 25.3. The van der Waals surface area contributed by atoms with Gasteiger partial charge in [-0.15, -0.1) is 11.3 Å². The lowest BCUT2D eigenvalue weighted by molar-refractivity contribution is -0.385. The smallest absolute Gasteiger partial charge is 0.289 e. The van der Waals surface area contributed by atoms with E-state index >= 15 is 0 Å². The SMILES string of the molecule is CCCS(=O)(=O)N1CCN(Cc2c(-c3ccc(Cl)cc3)nc3ccc(-c4ccccc4)cn23)CC1.COc1cccc(-c2nc3ccc(-c4ccccc4)cn3c2CN2CCN(C(=O)C3CCC3)CC2)c1.O=C(c1ccco1)N1CCN(Cc2c(-c3cccc([N+](=O)[O-])c3)nc3ccc(-c4ccccc4)cn23)CC1.O=C(c1cccs1)N1CCN(Cc2c(-c3ccc([N+](=O)[O-])cc3)nc3ccc(-c4ccccc4)cn23)CC1. The van der Waals surface area contributed by atoms with Gasteiger partial charge in [-0.2, -0.15) is 4.31 Å². The predicted octanol–water partition coefficient (Wildman–Crippen LogP) is 21.0. The van der Waals surface area contributed by atoms with Gasteiger partial charge in [0.05, 0.1) is 79.4 Å². The van der Waals surface area contributed by atoms with Crippen molar-refractivity contribution in [2.75, 3.05) is 118 Å². The van der Waals surface area contributed by atoms with Crippen molar-refractivity contribution in [1.29, 1.82) is 0 Å². The topological polar surface area (TPSA) is 289 Å². The van der Waals surface area contributed by atoms with Crippen molar-refractivity contribution in [3.63, 3.8) is 0 Å². The maximum Gasteiger partial charge on any atom is 0.289 e. The molecule has 0 radical (unpaired) electrons. The Morgan fingerprint density at radius 2 is 0.769 bits per heavy atom. The molecule has 1 aliphatic carbocycles. The van der Waals surface area contributed by atoms with Crippen LogP contribution in [0, 0.1) is 26.1 Å². The molecule has 4 aliphatic heterocycles. The monoisotopic (exact) mass is 2020 g/mol. The molecule has 5 aliphatic rings. The van der Waals surface area contributed by atoms with Gasteiger partial charge in [0.15, 0.2) is 5.76 Å². The van der Waals surface area contributed by atoms with E-state index in [1.807, 2.05) is 151 Å². The molecular weight excluding hydrogens is 1910 g/mol. The average Bonchev–Trinajstić information content (AvgIpc) is 1.63. The van der Waals surface area contributed by atoms with Crippen LogP contribution in [-0.4, -0.2) is 230 Å². The first kappa shape index (κ1) is 98.9. The molecule has 5 fully saturated rings. The van der Waals surface area contributed by atoms with Crippen LogP contribution >= 0.6 is 22.9 Å². The van der Waals surface area contributed by atoms with Gasteiger partial charge in [-0.3, -0.25) is 54.2 Å². The highest BCUT2D eigenvalue weighted by Crippen LogP contribution is 2.39. The minimum absolute atomic E-state index is 0.0283. The summed E-state index contributed by atoms with van der Waals surface area (Å²) in [6.45, 7) is 15.7. The summed E-state index contributed by atoms with van der Waals surface area (Å²) >= 11 is 7.62. The first-order valence-corrected chi connectivity index (χ1v) is 52.6. The Morgan fingerprint density at radius 1 is 0.395 bits per heavy atom. The Balaban J connectivity index is 0.000000119. The minimum Gasteiger partial charge on any atom is -0.497 e. The number of nitro benzene ring substituents is 2. The molecule has 29 nitrogen and oxygen atoms in total. The van der Waals surface area contributed by atoms with E-state index in [2.05, 4.69) is 170 Å². The highest BCUT2D eigenvalue weighted by molar-refractivity contribution is 7.89. The molecule has 0 unspecified atom stereocenters. The number of fused-ring (bicyclic) bond motifs is 4. The summed E-state index contributed by atoms with van der Waals surface area (Å²) in [5.41, 5.74) is 23.7. The molecule has 746 valence electrons. The number of ether oxygens (including phenoxy) is 1. The average molecular weight is 2020 g/mol. The number of nitro groups is 2. The van der Waals surface area contributed by atoms with Crippen LogP contribution in [0.5, 0.6) is 5.75 Å². The highest BCUT2D eigenvalue weighted by Gasteiger charge is 2.35. The lowest BCUT2D eigenvalue weighted by Crippen LogP contribution is -2.50. The van der Waals surface area contributed by atoms with Gasteiger partial charge in [0, 0.05) is 213 Å². The molecule has 0 bridgehead atoms. The van der Waals surface area contributed by atoms with Gasteiger partial charge in [-0.1, -0.05) is 189 Å². The third-order valence-electron chi connectivity index (χ3n) is 28.0. The maximum absolute atomic E-state index is 12.8. The molecule has 8 aromatic carbocycles. The Bertz CT molecular complexity index is 7820.